The van der Waals surface area contributed by atoms with Crippen LogP contribution < -0.4 is 4.74 Å². The Hall–Kier alpha value is -6.87. The standard InChI is InChI=1S/C89H125N3O6/c1-78(2,3)54-36-48(37-55(69(54)93)79(4,5)6)66(49-38-56(80(7,8)9)70(94)57(39-49)81(10,11)12)75-90-76(67(50-40-58(82(13,14)15)71(95)59(41-50)83(16,17)18)51-42-60(84(19,20)21)72(96)61(43-51)85(22,23)24)92-77(91-75)68(52-44-62(86(25,26)27)73(97)63(45-52)87(28,29)30)53-46-64(88(31,32)33)74-65(47-53)89(34,35)98-74/h36-47,66-68,93-97H,1-35H3. The van der Waals surface area contributed by atoms with Crippen LogP contribution >= 0.6 is 0 Å². The van der Waals surface area contributed by atoms with Gasteiger partial charge in [-0.2, -0.15) is 0 Å². The van der Waals surface area contributed by atoms with Crippen LogP contribution in [-0.4, -0.2) is 40.5 Å². The quantitative estimate of drug-likeness (QED) is 0.0952. The summed E-state index contributed by atoms with van der Waals surface area (Å²) < 4.78 is 6.77. The van der Waals surface area contributed by atoms with Crippen LogP contribution in [0, 0.1) is 0 Å². The molecule has 532 valence electrons. The third kappa shape index (κ3) is 15.1. The molecule has 6 aromatic carbocycles. The number of rotatable bonds is 9. The lowest BCUT2D eigenvalue weighted by Gasteiger charge is -2.43. The number of aromatic nitrogens is 3. The van der Waals surface area contributed by atoms with Gasteiger partial charge in [0, 0.05) is 11.1 Å². The lowest BCUT2D eigenvalue weighted by Crippen LogP contribution is -2.38. The van der Waals surface area contributed by atoms with Gasteiger partial charge in [0.2, 0.25) is 0 Å². The summed E-state index contributed by atoms with van der Waals surface area (Å²) in [6.45, 7) is 75.3. The van der Waals surface area contributed by atoms with Crippen LogP contribution in [0.1, 0.15) is 378 Å². The number of benzene rings is 6. The first-order valence-corrected chi connectivity index (χ1v) is 35.9. The first-order chi connectivity index (χ1) is 43.9. The number of nitrogens with zero attached hydrogens (tertiary/aromatic N) is 3. The molecule has 98 heavy (non-hydrogen) atoms. The molecule has 9 nitrogen and oxygen atoms in total. The van der Waals surface area contributed by atoms with E-state index in [0.717, 1.165) is 106 Å². The molecule has 0 bridgehead atoms. The molecular weight excluding hydrogens is 1210 g/mol. The van der Waals surface area contributed by atoms with E-state index in [-0.39, 0.29) is 34.2 Å². The molecule has 0 saturated heterocycles. The maximum Gasteiger partial charge on any atom is 0.144 e. The molecule has 1 unspecified atom stereocenters. The van der Waals surface area contributed by atoms with Gasteiger partial charge < -0.3 is 30.3 Å². The molecule has 2 heterocycles. The Labute approximate surface area is 592 Å². The third-order valence-corrected chi connectivity index (χ3v) is 20.1. The zero-order chi connectivity index (χ0) is 74.6. The Morgan fingerprint density at radius 3 is 0.531 bits per heavy atom. The van der Waals surface area contributed by atoms with Crippen molar-refractivity contribution in [3.8, 4) is 34.5 Å². The fourth-order valence-electron chi connectivity index (χ4n) is 14.3. The minimum Gasteiger partial charge on any atom is -0.507 e. The van der Waals surface area contributed by atoms with E-state index in [9.17, 15) is 25.5 Å². The normalized spacial score (nSPS) is 15.0. The van der Waals surface area contributed by atoms with Crippen LogP contribution in [-0.2, 0) is 65.2 Å². The summed E-state index contributed by atoms with van der Waals surface area (Å²) in [5, 5.41) is 63.7. The highest BCUT2D eigenvalue weighted by atomic mass is 16.5. The van der Waals surface area contributed by atoms with Crippen LogP contribution in [0.5, 0.6) is 34.5 Å². The van der Waals surface area contributed by atoms with E-state index in [2.05, 4.69) is 315 Å². The average Bonchev–Trinajstić information content (AvgIpc) is 0.723. The molecule has 8 rings (SSSR count). The van der Waals surface area contributed by atoms with E-state index in [0.29, 0.717) is 17.5 Å². The van der Waals surface area contributed by atoms with Gasteiger partial charge in [-0.25, -0.2) is 15.0 Å². The molecule has 9 heteroatoms. The SMILES string of the molecule is CC(C)(C)c1cc(C(c2cc(C(C)(C)C)c(O)c(C(C)(C)C)c2)c2nc(C(c3cc(C(C)(C)C)c(O)c(C(C)(C)C)c3)c3cc(C(C)(C)C)c(O)c(C(C)(C)C)c3)nc(C(c3cc(C(C)(C)C)c(O)c(C(C)(C)C)c3)c3cc(C(C)(C)C)c4c(c3)C(C)(C)O4)n2)cc(C(C)(C)C)c1O. The minimum absolute atomic E-state index is 0.244. The lowest BCUT2D eigenvalue weighted by atomic mass is 9.73. The Morgan fingerprint density at radius 2 is 0.388 bits per heavy atom. The second-order valence-electron chi connectivity index (χ2n) is 40.8. The minimum atomic E-state index is -0.781. The molecule has 1 aromatic heterocycles. The summed E-state index contributed by atoms with van der Waals surface area (Å²) in [6.07, 6.45) is 0. The van der Waals surface area contributed by atoms with Crippen molar-refractivity contribution in [1.82, 2.24) is 15.0 Å². The monoisotopic (exact) mass is 1330 g/mol. The smallest absolute Gasteiger partial charge is 0.144 e. The molecule has 1 aliphatic heterocycles. The number of ether oxygens (including phenoxy) is 1. The lowest BCUT2D eigenvalue weighted by molar-refractivity contribution is 0.0483. The van der Waals surface area contributed by atoms with Gasteiger partial charge in [-0.05, 0) is 168 Å². The van der Waals surface area contributed by atoms with Crippen molar-refractivity contribution in [2.75, 3.05) is 0 Å². The average molecular weight is 1330 g/mol. The molecule has 0 saturated carbocycles. The second-order valence-corrected chi connectivity index (χ2v) is 40.8. The molecular formula is C89H125N3O6. The van der Waals surface area contributed by atoms with Crippen LogP contribution in [0.25, 0.3) is 0 Å². The molecule has 0 fully saturated rings. The van der Waals surface area contributed by atoms with Gasteiger partial charge in [-0.1, -0.05) is 295 Å². The molecule has 1 aliphatic rings. The van der Waals surface area contributed by atoms with Crippen molar-refractivity contribution in [3.05, 3.63) is 190 Å². The van der Waals surface area contributed by atoms with Crippen molar-refractivity contribution in [2.24, 2.45) is 0 Å². The topological polar surface area (TPSA) is 149 Å². The zero-order valence-corrected chi connectivity index (χ0v) is 67.1. The van der Waals surface area contributed by atoms with Gasteiger partial charge in [0.25, 0.3) is 0 Å². The maximum absolute atomic E-state index is 12.7. The van der Waals surface area contributed by atoms with Crippen molar-refractivity contribution in [3.63, 3.8) is 0 Å². The summed E-state index contributed by atoms with van der Waals surface area (Å²) in [5.41, 5.74) is 8.85. The van der Waals surface area contributed by atoms with Crippen molar-refractivity contribution in [2.45, 2.75) is 325 Å². The fourth-order valence-corrected chi connectivity index (χ4v) is 14.3. The highest BCUT2D eigenvalue weighted by Crippen LogP contribution is 2.55. The Balaban J connectivity index is 1.80. The Bertz CT molecular complexity index is 3710. The van der Waals surface area contributed by atoms with E-state index in [4.69, 9.17) is 19.7 Å². The van der Waals surface area contributed by atoms with Gasteiger partial charge in [0.05, 0.1) is 17.8 Å². The molecule has 0 radical (unpaired) electrons. The van der Waals surface area contributed by atoms with E-state index in [1.54, 1.807) is 0 Å². The van der Waals surface area contributed by atoms with Crippen LogP contribution in [0.15, 0.2) is 72.8 Å². The van der Waals surface area contributed by atoms with Crippen LogP contribution in [0.3, 0.4) is 0 Å². The summed E-state index contributed by atoms with van der Waals surface area (Å²) >= 11 is 0. The summed E-state index contributed by atoms with van der Waals surface area (Å²) in [6, 6.07) is 26.2. The summed E-state index contributed by atoms with van der Waals surface area (Å²) in [5.74, 6) is 1.18. The van der Waals surface area contributed by atoms with Crippen LogP contribution in [0.4, 0.5) is 0 Å². The van der Waals surface area contributed by atoms with Gasteiger partial charge in [-0.3, -0.25) is 0 Å². The molecule has 0 aliphatic carbocycles. The predicted octanol–water partition coefficient (Wildman–Crippen LogP) is 22.8. The predicted molar refractivity (Wildman–Crippen MR) is 409 cm³/mol. The highest BCUT2D eigenvalue weighted by molar-refractivity contribution is 5.63. The number of aromatic hydroxyl groups is 5. The zero-order valence-electron chi connectivity index (χ0n) is 67.1. The maximum atomic E-state index is 12.7. The summed E-state index contributed by atoms with van der Waals surface area (Å²) in [4.78, 5) is 18.5. The molecule has 5 N–H and O–H groups in total. The van der Waals surface area contributed by atoms with Crippen molar-refractivity contribution < 1.29 is 30.3 Å². The number of phenolic OH excluding ortho intramolecular Hbond substituents is 5. The van der Waals surface area contributed by atoms with Gasteiger partial charge in [0.1, 0.15) is 57.6 Å². The van der Waals surface area contributed by atoms with E-state index < -0.39 is 77.5 Å². The number of phenols is 5. The van der Waals surface area contributed by atoms with Gasteiger partial charge in [0.15, 0.2) is 0 Å². The number of fused-ring (bicyclic) bond motifs is 1. The van der Waals surface area contributed by atoms with Crippen molar-refractivity contribution in [1.29, 1.82) is 0 Å². The van der Waals surface area contributed by atoms with E-state index in [1.807, 2.05) is 0 Å². The van der Waals surface area contributed by atoms with Gasteiger partial charge in [-0.15, -0.1) is 0 Å². The largest absolute Gasteiger partial charge is 0.507 e. The Morgan fingerprint density at radius 1 is 0.245 bits per heavy atom. The fraction of sp³-hybridized carbons (Fsp3) is 0.562. The third-order valence-electron chi connectivity index (χ3n) is 20.1. The van der Waals surface area contributed by atoms with Crippen LogP contribution in [0.2, 0.25) is 0 Å². The first-order valence-electron chi connectivity index (χ1n) is 35.9. The van der Waals surface area contributed by atoms with E-state index >= 15 is 0 Å². The molecule has 0 amide bonds. The van der Waals surface area contributed by atoms with Gasteiger partial charge >= 0.3 is 0 Å². The van der Waals surface area contributed by atoms with E-state index in [1.165, 1.54) is 0 Å². The first kappa shape index (κ1) is 76.9. The van der Waals surface area contributed by atoms with Crippen molar-refractivity contribution >= 4 is 0 Å². The molecule has 0 spiro atoms. The highest BCUT2D eigenvalue weighted by Gasteiger charge is 2.44. The summed E-state index contributed by atoms with van der Waals surface area (Å²) in [7, 11) is 0. The number of hydrogen-bond donors (Lipinski definition) is 5. The second kappa shape index (κ2) is 24.4. The molecule has 7 aromatic rings. The Kier molecular flexibility index (Phi) is 19.2. The molecule has 1 atom stereocenters. The number of hydrogen-bond acceptors (Lipinski definition) is 9.